The largest absolute Gasteiger partial charge is 0.368 e. The van der Waals surface area contributed by atoms with Crippen molar-refractivity contribution < 1.29 is 4.79 Å². The zero-order chi connectivity index (χ0) is 20.5. The minimum Gasteiger partial charge on any atom is -0.368 e. The summed E-state index contributed by atoms with van der Waals surface area (Å²) < 4.78 is 0. The zero-order valence-corrected chi connectivity index (χ0v) is 16.2. The van der Waals surface area contributed by atoms with Gasteiger partial charge in [-0.15, -0.1) is 0 Å². The van der Waals surface area contributed by atoms with Gasteiger partial charge >= 0.3 is 0 Å². The molecule has 150 valence electrons. The van der Waals surface area contributed by atoms with Crippen molar-refractivity contribution in [3.63, 3.8) is 0 Å². The molecule has 0 saturated heterocycles. The molecule has 2 aromatic carbocycles. The molecule has 1 aliphatic heterocycles. The van der Waals surface area contributed by atoms with Crippen molar-refractivity contribution >= 4 is 34.4 Å². The van der Waals surface area contributed by atoms with E-state index in [1.807, 2.05) is 53.4 Å². The van der Waals surface area contributed by atoms with Crippen molar-refractivity contribution in [1.82, 2.24) is 20.2 Å². The Labute approximate surface area is 173 Å². The van der Waals surface area contributed by atoms with E-state index in [0.29, 0.717) is 24.4 Å². The Balaban J connectivity index is 1.44. The highest BCUT2D eigenvalue weighted by Gasteiger charge is 2.29. The van der Waals surface area contributed by atoms with Crippen LogP contribution in [0.2, 0.25) is 0 Å². The molecule has 1 unspecified atom stereocenters. The van der Waals surface area contributed by atoms with Crippen molar-refractivity contribution in [2.45, 2.75) is 18.9 Å². The summed E-state index contributed by atoms with van der Waals surface area (Å²) in [5.41, 5.74) is 9.52. The number of anilines is 3. The number of benzene rings is 2. The van der Waals surface area contributed by atoms with Crippen molar-refractivity contribution in [3.05, 3.63) is 71.9 Å². The number of hydrogen-bond acceptors (Lipinski definition) is 6. The molecule has 1 atom stereocenters. The van der Waals surface area contributed by atoms with Gasteiger partial charge < -0.3 is 16.0 Å². The molecule has 8 heteroatoms. The minimum atomic E-state index is -0.0213. The second-order valence-corrected chi connectivity index (χ2v) is 7.40. The first-order chi connectivity index (χ1) is 14.7. The van der Waals surface area contributed by atoms with Gasteiger partial charge in [-0.3, -0.25) is 9.89 Å². The number of fused-ring (bicyclic) bond motifs is 2. The average molecular weight is 399 g/mol. The molecule has 0 spiro atoms. The van der Waals surface area contributed by atoms with Crippen LogP contribution in [0.3, 0.4) is 0 Å². The molecule has 0 saturated carbocycles. The number of amides is 1. The molecule has 30 heavy (non-hydrogen) atoms. The standard InChI is InChI=1S/C22H21N7O/c23-22-26-20(17-12-24-28-21(17)27-22)25-16-11-15-8-4-5-9-18(15)29(13-16)19(30)10-14-6-2-1-3-7-14/h1-9,12,16H,10-11,13H2,(H4,23,24,25,26,27,28). The normalized spacial score (nSPS) is 15.7. The number of aromatic amines is 1. The summed E-state index contributed by atoms with van der Waals surface area (Å²) in [6.07, 6.45) is 2.80. The van der Waals surface area contributed by atoms with E-state index in [9.17, 15) is 4.79 Å². The Hall–Kier alpha value is -3.94. The molecule has 1 aliphatic rings. The van der Waals surface area contributed by atoms with E-state index in [-0.39, 0.29) is 17.9 Å². The van der Waals surface area contributed by atoms with Crippen molar-refractivity contribution in [2.75, 3.05) is 22.5 Å². The first kappa shape index (κ1) is 18.1. The number of carbonyl (C=O) groups is 1. The lowest BCUT2D eigenvalue weighted by molar-refractivity contribution is -0.118. The predicted molar refractivity (Wildman–Crippen MR) is 116 cm³/mol. The van der Waals surface area contributed by atoms with Crippen LogP contribution in [-0.2, 0) is 17.6 Å². The number of hydrogen-bond donors (Lipinski definition) is 3. The lowest BCUT2D eigenvalue weighted by Crippen LogP contribution is -2.46. The van der Waals surface area contributed by atoms with Crippen molar-refractivity contribution in [3.8, 4) is 0 Å². The van der Waals surface area contributed by atoms with Gasteiger partial charge in [0.15, 0.2) is 5.65 Å². The fourth-order valence-electron chi connectivity index (χ4n) is 3.95. The number of aromatic nitrogens is 4. The number of para-hydroxylation sites is 1. The fraction of sp³-hybridized carbons (Fsp3) is 0.182. The van der Waals surface area contributed by atoms with Gasteiger partial charge in [0.05, 0.1) is 18.0 Å². The van der Waals surface area contributed by atoms with E-state index in [1.165, 1.54) is 0 Å². The van der Waals surface area contributed by atoms with Crippen LogP contribution in [-0.4, -0.2) is 38.7 Å². The number of H-pyrrole nitrogens is 1. The summed E-state index contributed by atoms with van der Waals surface area (Å²) in [4.78, 5) is 23.6. The van der Waals surface area contributed by atoms with Crippen LogP contribution in [0, 0.1) is 0 Å². The first-order valence-corrected chi connectivity index (χ1v) is 9.83. The summed E-state index contributed by atoms with van der Waals surface area (Å²) >= 11 is 0. The second kappa shape index (κ2) is 7.47. The molecule has 8 nitrogen and oxygen atoms in total. The Morgan fingerprint density at radius 3 is 2.80 bits per heavy atom. The quantitative estimate of drug-likeness (QED) is 0.486. The molecule has 2 aromatic heterocycles. The topological polar surface area (TPSA) is 113 Å². The Morgan fingerprint density at radius 1 is 1.13 bits per heavy atom. The van der Waals surface area contributed by atoms with Crippen LogP contribution in [0.5, 0.6) is 0 Å². The molecule has 0 bridgehead atoms. The molecule has 3 heterocycles. The van der Waals surface area contributed by atoms with Gasteiger partial charge in [0.25, 0.3) is 0 Å². The summed E-state index contributed by atoms with van der Waals surface area (Å²) in [6, 6.07) is 17.8. The second-order valence-electron chi connectivity index (χ2n) is 7.40. The molecular weight excluding hydrogens is 378 g/mol. The van der Waals surface area contributed by atoms with E-state index >= 15 is 0 Å². The third-order valence-electron chi connectivity index (χ3n) is 5.32. The van der Waals surface area contributed by atoms with Crippen molar-refractivity contribution in [1.29, 1.82) is 0 Å². The maximum atomic E-state index is 13.2. The highest BCUT2D eigenvalue weighted by Crippen LogP contribution is 2.30. The van der Waals surface area contributed by atoms with Crippen molar-refractivity contribution in [2.24, 2.45) is 0 Å². The smallest absolute Gasteiger partial charge is 0.231 e. The monoisotopic (exact) mass is 399 g/mol. The van der Waals surface area contributed by atoms with Gasteiger partial charge in [0.2, 0.25) is 11.9 Å². The average Bonchev–Trinajstić information content (AvgIpc) is 3.22. The highest BCUT2D eigenvalue weighted by molar-refractivity contribution is 5.96. The molecule has 1 amide bonds. The van der Waals surface area contributed by atoms with Gasteiger partial charge in [-0.25, -0.2) is 0 Å². The van der Waals surface area contributed by atoms with Crippen LogP contribution in [0.15, 0.2) is 60.8 Å². The Bertz CT molecular complexity index is 1200. The third kappa shape index (κ3) is 3.43. The predicted octanol–water partition coefficient (Wildman–Crippen LogP) is 2.55. The van der Waals surface area contributed by atoms with E-state index in [1.54, 1.807) is 6.20 Å². The highest BCUT2D eigenvalue weighted by atomic mass is 16.2. The molecular formula is C22H21N7O. The van der Waals surface area contributed by atoms with Crippen LogP contribution < -0.4 is 16.0 Å². The third-order valence-corrected chi connectivity index (χ3v) is 5.32. The Morgan fingerprint density at radius 2 is 1.93 bits per heavy atom. The Kier molecular flexibility index (Phi) is 4.51. The number of carbonyl (C=O) groups excluding carboxylic acids is 1. The lowest BCUT2D eigenvalue weighted by Gasteiger charge is -2.35. The summed E-state index contributed by atoms with van der Waals surface area (Å²) in [5, 5.41) is 11.1. The number of nitrogen functional groups attached to an aromatic ring is 1. The van der Waals surface area contributed by atoms with Gasteiger partial charge in [-0.1, -0.05) is 48.5 Å². The molecule has 4 aromatic rings. The SMILES string of the molecule is Nc1nc(NC2Cc3ccccc3N(C(=O)Cc3ccccc3)C2)c2cn[nH]c2n1. The fourth-order valence-corrected chi connectivity index (χ4v) is 3.95. The maximum Gasteiger partial charge on any atom is 0.231 e. The summed E-state index contributed by atoms with van der Waals surface area (Å²) in [7, 11) is 0. The molecule has 0 aliphatic carbocycles. The summed E-state index contributed by atoms with van der Waals surface area (Å²) in [6.45, 7) is 0.534. The number of rotatable bonds is 4. The van der Waals surface area contributed by atoms with E-state index < -0.39 is 0 Å². The maximum absolute atomic E-state index is 13.2. The molecule has 4 N–H and O–H groups in total. The van der Waals surface area contributed by atoms with Gasteiger partial charge in [-0.2, -0.15) is 15.1 Å². The van der Waals surface area contributed by atoms with E-state index in [4.69, 9.17) is 5.73 Å². The van der Waals surface area contributed by atoms with Crippen LogP contribution in [0.25, 0.3) is 11.0 Å². The van der Waals surface area contributed by atoms with Crippen LogP contribution >= 0.6 is 0 Å². The zero-order valence-electron chi connectivity index (χ0n) is 16.2. The van der Waals surface area contributed by atoms with Gasteiger partial charge in [-0.05, 0) is 23.6 Å². The van der Waals surface area contributed by atoms with E-state index in [0.717, 1.165) is 28.6 Å². The number of nitrogens with one attached hydrogen (secondary N) is 2. The molecule has 0 radical (unpaired) electrons. The lowest BCUT2D eigenvalue weighted by atomic mass is 9.97. The number of nitrogens with zero attached hydrogens (tertiary/aromatic N) is 4. The molecule has 5 rings (SSSR count). The molecule has 0 fully saturated rings. The van der Waals surface area contributed by atoms with Crippen LogP contribution in [0.4, 0.5) is 17.5 Å². The summed E-state index contributed by atoms with van der Waals surface area (Å²) in [5.74, 6) is 0.851. The van der Waals surface area contributed by atoms with Gasteiger partial charge in [0.1, 0.15) is 5.82 Å². The number of nitrogens with two attached hydrogens (primary N) is 1. The first-order valence-electron chi connectivity index (χ1n) is 9.83. The van der Waals surface area contributed by atoms with Crippen LogP contribution in [0.1, 0.15) is 11.1 Å². The van der Waals surface area contributed by atoms with E-state index in [2.05, 4.69) is 31.5 Å². The van der Waals surface area contributed by atoms with Gasteiger partial charge in [0, 0.05) is 18.3 Å². The minimum absolute atomic E-state index is 0.0213.